The molecule has 1 saturated carbocycles. The Labute approximate surface area is 378 Å². The van der Waals surface area contributed by atoms with Gasteiger partial charge in [-0.05, 0) is 75.3 Å². The van der Waals surface area contributed by atoms with Crippen molar-refractivity contribution in [1.29, 1.82) is 0 Å². The molecule has 3 aromatic rings. The number of likely N-dealkylation sites (tertiary alicyclic amines) is 1. The van der Waals surface area contributed by atoms with Gasteiger partial charge in [-0.3, -0.25) is 34.1 Å². The monoisotopic (exact) mass is 893 g/mol. The van der Waals surface area contributed by atoms with Crippen LogP contribution in [0.5, 0.6) is 5.75 Å². The zero-order chi connectivity index (χ0) is 45.8. The van der Waals surface area contributed by atoms with Crippen LogP contribution >= 0.6 is 0 Å². The number of rotatable bonds is 16. The minimum atomic E-state index is -0.845. The van der Waals surface area contributed by atoms with Crippen molar-refractivity contribution < 1.29 is 38.2 Å². The summed E-state index contributed by atoms with van der Waals surface area (Å²) >= 11 is 0. The van der Waals surface area contributed by atoms with Crippen LogP contribution in [-0.2, 0) is 30.5 Å². The number of anilines is 5. The fourth-order valence-electron chi connectivity index (χ4n) is 9.63. The van der Waals surface area contributed by atoms with Gasteiger partial charge in [-0.25, -0.2) is 4.98 Å². The summed E-state index contributed by atoms with van der Waals surface area (Å²) in [6, 6.07) is 8.66. The molecule has 1 unspecified atom stereocenters. The molecule has 4 aliphatic heterocycles. The van der Waals surface area contributed by atoms with E-state index in [1.807, 2.05) is 6.92 Å². The zero-order valence-corrected chi connectivity index (χ0v) is 37.3. The minimum Gasteiger partial charge on any atom is -0.495 e. The molecule has 0 radical (unpaired) electrons. The van der Waals surface area contributed by atoms with Gasteiger partial charge in [0.1, 0.15) is 23.5 Å². The molecule has 0 bridgehead atoms. The predicted octanol–water partition coefficient (Wildman–Crippen LogP) is 3.06. The van der Waals surface area contributed by atoms with Crippen LogP contribution in [0.25, 0.3) is 0 Å². The Morgan fingerprint density at radius 1 is 1.00 bits per heavy atom. The van der Waals surface area contributed by atoms with Gasteiger partial charge in [0.15, 0.2) is 5.82 Å². The van der Waals surface area contributed by atoms with Crippen molar-refractivity contribution in [3.8, 4) is 5.75 Å². The van der Waals surface area contributed by atoms with Gasteiger partial charge in [0.05, 0.1) is 31.6 Å². The van der Waals surface area contributed by atoms with Crippen molar-refractivity contribution in [3.63, 3.8) is 0 Å². The first kappa shape index (κ1) is 45.4. The second-order valence-electron chi connectivity index (χ2n) is 17.4. The molecule has 5 heterocycles. The summed E-state index contributed by atoms with van der Waals surface area (Å²) in [6.07, 6.45) is 8.94. The molecule has 0 spiro atoms. The molecular weight excluding hydrogens is 835 g/mol. The highest BCUT2D eigenvalue weighted by Crippen LogP contribution is 2.40. The van der Waals surface area contributed by atoms with E-state index in [-0.39, 0.29) is 67.7 Å². The van der Waals surface area contributed by atoms with Gasteiger partial charge in [0, 0.05) is 80.7 Å². The van der Waals surface area contributed by atoms with E-state index in [4.69, 9.17) is 20.2 Å². The lowest BCUT2D eigenvalue weighted by Crippen LogP contribution is -2.55. The molecule has 1 aliphatic carbocycles. The number of methoxy groups -OCH3 is 1. The smallest absolute Gasteiger partial charge is 0.255 e. The molecule has 8 rings (SSSR count). The van der Waals surface area contributed by atoms with Crippen molar-refractivity contribution in [2.24, 2.45) is 5.73 Å². The highest BCUT2D eigenvalue weighted by Gasteiger charge is 2.42. The standard InChI is InChI=1S/C46H59N11O8/c1-4-35-45(63)54(2)37-25-48-46(53-40(37)57(35)29-8-5-6-9-29)51-34-13-12-27(24-38(34)64-3)41(59)49-28-16-19-55(20-17-28)21-23-65-22-18-32(47)42(60)50-33-11-7-10-30-31(33)26-56(44(30)62)36-14-15-39(58)52-43(36)61/h7,10-13,24-25,28-29,32,35-36H,4-6,8-9,14-23,26,47H2,1-3H3,(H,49,59)(H,50,60)(H,48,51,53)(H,52,58,61)/t32-,35-,36?/m1/s1. The van der Waals surface area contributed by atoms with Gasteiger partial charge in [-0.15, -0.1) is 0 Å². The van der Waals surface area contributed by atoms with Crippen LogP contribution in [0.3, 0.4) is 0 Å². The van der Waals surface area contributed by atoms with Crippen molar-refractivity contribution >= 4 is 64.3 Å². The first-order valence-corrected chi connectivity index (χ1v) is 22.8. The molecule has 65 heavy (non-hydrogen) atoms. The summed E-state index contributed by atoms with van der Waals surface area (Å²) in [6.45, 7) is 5.19. The first-order valence-electron chi connectivity index (χ1n) is 22.8. The minimum absolute atomic E-state index is 0.00751. The number of imide groups is 1. The molecule has 6 N–H and O–H groups in total. The SMILES string of the molecule is CC[C@@H]1C(=O)N(C)c2cnc(Nc3ccc(C(=O)NC4CCN(CCOCC[C@@H](N)C(=O)Nc5cccc6c5CN(C5CCC(=O)NC5=O)C6=O)CC4)cc3OC)nc2N1C1CCCC1. The average molecular weight is 894 g/mol. The third kappa shape index (κ3) is 9.77. The van der Waals surface area contributed by atoms with Gasteiger partial charge in [0.25, 0.3) is 11.8 Å². The predicted molar refractivity (Wildman–Crippen MR) is 242 cm³/mol. The van der Waals surface area contributed by atoms with Crippen LogP contribution in [0.15, 0.2) is 42.6 Å². The Hall–Kier alpha value is -6.18. The molecular formula is C46H59N11O8. The maximum absolute atomic E-state index is 13.4. The second kappa shape index (κ2) is 19.9. The van der Waals surface area contributed by atoms with Crippen molar-refractivity contribution in [3.05, 3.63) is 59.3 Å². The van der Waals surface area contributed by atoms with E-state index in [0.717, 1.165) is 57.4 Å². The van der Waals surface area contributed by atoms with Gasteiger partial charge in [0.2, 0.25) is 29.6 Å². The Kier molecular flexibility index (Phi) is 13.9. The Morgan fingerprint density at radius 2 is 1.78 bits per heavy atom. The number of piperidine rings is 2. The van der Waals surface area contributed by atoms with Crippen molar-refractivity contribution in [2.75, 3.05) is 67.4 Å². The number of hydrogen-bond acceptors (Lipinski definition) is 14. The number of carbonyl (C=O) groups excluding carboxylic acids is 6. The fraction of sp³-hybridized carbons (Fsp3) is 0.522. The van der Waals surface area contributed by atoms with Gasteiger partial charge >= 0.3 is 0 Å². The van der Waals surface area contributed by atoms with Crippen LogP contribution in [0, 0.1) is 0 Å². The number of nitrogens with one attached hydrogen (secondary N) is 4. The quantitative estimate of drug-likeness (QED) is 0.103. The molecule has 19 nitrogen and oxygen atoms in total. The summed E-state index contributed by atoms with van der Waals surface area (Å²) in [7, 11) is 3.33. The van der Waals surface area contributed by atoms with Crippen LogP contribution in [-0.4, -0.2) is 132 Å². The highest BCUT2D eigenvalue weighted by molar-refractivity contribution is 6.07. The zero-order valence-electron chi connectivity index (χ0n) is 37.3. The van der Waals surface area contributed by atoms with E-state index in [1.54, 1.807) is 61.7 Å². The Bertz CT molecular complexity index is 2310. The summed E-state index contributed by atoms with van der Waals surface area (Å²) in [4.78, 5) is 94.0. The normalized spacial score (nSPS) is 21.0. The van der Waals surface area contributed by atoms with Crippen LogP contribution in [0.1, 0.15) is 97.4 Å². The van der Waals surface area contributed by atoms with Crippen LogP contribution < -0.4 is 41.5 Å². The van der Waals surface area contributed by atoms with E-state index in [9.17, 15) is 28.8 Å². The van der Waals surface area contributed by atoms with Crippen LogP contribution in [0.4, 0.5) is 28.8 Å². The first-order chi connectivity index (χ1) is 31.4. The molecule has 3 atom stereocenters. The fourth-order valence-corrected chi connectivity index (χ4v) is 9.63. The van der Waals surface area contributed by atoms with E-state index < -0.39 is 23.9 Å². The lowest BCUT2D eigenvalue weighted by atomic mass is 10.0. The maximum atomic E-state index is 13.4. The van der Waals surface area contributed by atoms with Crippen molar-refractivity contribution in [1.82, 2.24) is 30.4 Å². The summed E-state index contributed by atoms with van der Waals surface area (Å²) < 4.78 is 11.6. The summed E-state index contributed by atoms with van der Waals surface area (Å²) in [5.41, 5.74) is 9.46. The number of likely N-dealkylation sites (N-methyl/N-ethyl adjacent to an activating group) is 1. The third-order valence-corrected chi connectivity index (χ3v) is 13.3. The summed E-state index contributed by atoms with van der Waals surface area (Å²) in [5.74, 6) is -0.122. The molecule has 2 saturated heterocycles. The average Bonchev–Trinajstić information content (AvgIpc) is 3.96. The number of carbonyl (C=O) groups is 6. The second-order valence-corrected chi connectivity index (χ2v) is 17.4. The van der Waals surface area contributed by atoms with Crippen molar-refractivity contribution in [2.45, 2.75) is 108 Å². The van der Waals surface area contributed by atoms with E-state index >= 15 is 0 Å². The van der Waals surface area contributed by atoms with E-state index in [2.05, 4.69) is 36.1 Å². The molecule has 19 heteroatoms. The molecule has 3 fully saturated rings. The topological polar surface area (TPSA) is 234 Å². The number of benzene rings is 2. The number of nitrogens with two attached hydrogens (primary N) is 1. The number of aromatic nitrogens is 2. The molecule has 6 amide bonds. The molecule has 2 aromatic carbocycles. The number of nitrogens with zero attached hydrogens (tertiary/aromatic N) is 6. The Balaban J connectivity index is 0.760. The molecule has 1 aromatic heterocycles. The number of hydrogen-bond donors (Lipinski definition) is 5. The highest BCUT2D eigenvalue weighted by atomic mass is 16.5. The Morgan fingerprint density at radius 3 is 2.52 bits per heavy atom. The lowest BCUT2D eigenvalue weighted by molar-refractivity contribution is -0.137. The van der Waals surface area contributed by atoms with Gasteiger partial charge in [-0.1, -0.05) is 25.8 Å². The van der Waals surface area contributed by atoms with Gasteiger partial charge in [-0.2, -0.15) is 4.98 Å². The third-order valence-electron chi connectivity index (χ3n) is 13.3. The number of amides is 6. The maximum Gasteiger partial charge on any atom is 0.255 e. The number of ether oxygens (including phenoxy) is 2. The summed E-state index contributed by atoms with van der Waals surface area (Å²) in [5, 5.41) is 11.6. The van der Waals surface area contributed by atoms with Gasteiger partial charge < -0.3 is 50.8 Å². The largest absolute Gasteiger partial charge is 0.495 e. The molecule has 5 aliphatic rings. The molecule has 346 valence electrons. The lowest BCUT2D eigenvalue weighted by Gasteiger charge is -2.43. The van der Waals surface area contributed by atoms with E-state index in [1.165, 1.54) is 4.90 Å². The number of fused-ring (bicyclic) bond motifs is 2. The van der Waals surface area contributed by atoms with E-state index in [0.29, 0.717) is 71.4 Å². The van der Waals surface area contributed by atoms with Crippen LogP contribution in [0.2, 0.25) is 0 Å².